The molecule has 1 atom stereocenters. The van der Waals surface area contributed by atoms with Crippen molar-refractivity contribution in [3.05, 3.63) is 35.9 Å². The number of ketones is 1. The van der Waals surface area contributed by atoms with E-state index >= 15 is 0 Å². The second kappa shape index (κ2) is 6.84. The van der Waals surface area contributed by atoms with Gasteiger partial charge in [-0.2, -0.15) is 0 Å². The fourth-order valence-corrected chi connectivity index (χ4v) is 1.78. The monoisotopic (exact) mass is 234 g/mol. The van der Waals surface area contributed by atoms with E-state index in [9.17, 15) is 9.59 Å². The number of Topliss-reactive ketones (excluding diaryl/α,β-unsaturated/α-hetero) is 1. The molecule has 0 bridgehead atoms. The van der Waals surface area contributed by atoms with Gasteiger partial charge in [0.1, 0.15) is 11.7 Å². The molecule has 0 aliphatic rings. The molecule has 0 saturated heterocycles. The molecule has 0 heterocycles. The molecule has 1 aromatic carbocycles. The summed E-state index contributed by atoms with van der Waals surface area (Å²) in [6, 6.07) is 10.0. The van der Waals surface area contributed by atoms with E-state index in [1.807, 2.05) is 30.3 Å². The van der Waals surface area contributed by atoms with Gasteiger partial charge >= 0.3 is 5.97 Å². The Morgan fingerprint density at radius 3 is 2.41 bits per heavy atom. The molecule has 1 rings (SSSR count). The van der Waals surface area contributed by atoms with Crippen LogP contribution >= 0.6 is 0 Å². The van der Waals surface area contributed by atoms with Gasteiger partial charge in [0.05, 0.1) is 7.11 Å². The van der Waals surface area contributed by atoms with E-state index in [0.29, 0.717) is 6.42 Å². The lowest BCUT2D eigenvalue weighted by Gasteiger charge is -2.10. The average Bonchev–Trinajstić information content (AvgIpc) is 2.34. The molecule has 3 nitrogen and oxygen atoms in total. The van der Waals surface area contributed by atoms with Crippen molar-refractivity contribution in [3.63, 3.8) is 0 Å². The predicted octanol–water partition coefficient (Wildman–Crippen LogP) is 2.39. The van der Waals surface area contributed by atoms with Crippen molar-refractivity contribution in [2.24, 2.45) is 5.92 Å². The normalized spacial score (nSPS) is 11.9. The van der Waals surface area contributed by atoms with Crippen LogP contribution in [0.15, 0.2) is 30.3 Å². The quantitative estimate of drug-likeness (QED) is 0.560. The molecular weight excluding hydrogens is 216 g/mol. The van der Waals surface area contributed by atoms with Gasteiger partial charge in [-0.05, 0) is 31.7 Å². The van der Waals surface area contributed by atoms with Crippen molar-refractivity contribution in [1.29, 1.82) is 0 Å². The summed E-state index contributed by atoms with van der Waals surface area (Å²) in [5.41, 5.74) is 1.22. The largest absolute Gasteiger partial charge is 0.468 e. The Morgan fingerprint density at radius 1 is 1.24 bits per heavy atom. The number of rotatable bonds is 6. The first-order valence-corrected chi connectivity index (χ1v) is 5.77. The first-order chi connectivity index (χ1) is 8.15. The van der Waals surface area contributed by atoms with E-state index in [0.717, 1.165) is 12.8 Å². The molecule has 1 aromatic rings. The third-order valence-corrected chi connectivity index (χ3v) is 2.78. The number of benzene rings is 1. The zero-order chi connectivity index (χ0) is 12.7. The highest BCUT2D eigenvalue weighted by atomic mass is 16.5. The molecule has 0 spiro atoms. The Labute approximate surface area is 102 Å². The van der Waals surface area contributed by atoms with E-state index < -0.39 is 11.9 Å². The number of carbonyl (C=O) groups excluding carboxylic acids is 2. The predicted molar refractivity (Wildman–Crippen MR) is 65.6 cm³/mol. The topological polar surface area (TPSA) is 43.4 Å². The standard InChI is InChI=1S/C14H18O3/c1-11(15)13(14(16)17-2)10-6-9-12-7-4-3-5-8-12/h3-5,7-8,13H,6,9-10H2,1-2H3/t13-/m1/s1. The van der Waals surface area contributed by atoms with Gasteiger partial charge in [0.15, 0.2) is 0 Å². The number of carbonyl (C=O) groups is 2. The van der Waals surface area contributed by atoms with Gasteiger partial charge in [-0.25, -0.2) is 0 Å². The molecule has 0 N–H and O–H groups in total. The van der Waals surface area contributed by atoms with Crippen molar-refractivity contribution in [1.82, 2.24) is 0 Å². The third kappa shape index (κ3) is 4.39. The minimum atomic E-state index is -0.608. The van der Waals surface area contributed by atoms with E-state index in [4.69, 9.17) is 0 Å². The zero-order valence-corrected chi connectivity index (χ0v) is 10.3. The maximum absolute atomic E-state index is 11.4. The summed E-state index contributed by atoms with van der Waals surface area (Å²) in [6.07, 6.45) is 2.24. The van der Waals surface area contributed by atoms with Crippen LogP contribution in [0.25, 0.3) is 0 Å². The van der Waals surface area contributed by atoms with E-state index in [-0.39, 0.29) is 5.78 Å². The van der Waals surface area contributed by atoms with Crippen LogP contribution in [0.3, 0.4) is 0 Å². The van der Waals surface area contributed by atoms with Crippen LogP contribution in [0.4, 0.5) is 0 Å². The summed E-state index contributed by atoms with van der Waals surface area (Å²) in [7, 11) is 1.31. The zero-order valence-electron chi connectivity index (χ0n) is 10.3. The lowest BCUT2D eigenvalue weighted by Crippen LogP contribution is -2.23. The summed E-state index contributed by atoms with van der Waals surface area (Å²) in [6.45, 7) is 1.43. The molecule has 92 valence electrons. The molecule has 0 fully saturated rings. The number of esters is 1. The molecule has 0 amide bonds. The third-order valence-electron chi connectivity index (χ3n) is 2.78. The second-order valence-corrected chi connectivity index (χ2v) is 4.06. The fourth-order valence-electron chi connectivity index (χ4n) is 1.78. The fraction of sp³-hybridized carbons (Fsp3) is 0.429. The maximum atomic E-state index is 11.4. The van der Waals surface area contributed by atoms with E-state index in [1.165, 1.54) is 19.6 Å². The van der Waals surface area contributed by atoms with Gasteiger partial charge < -0.3 is 4.74 Å². The van der Waals surface area contributed by atoms with Gasteiger partial charge in [-0.3, -0.25) is 9.59 Å². The molecule has 0 unspecified atom stereocenters. The second-order valence-electron chi connectivity index (χ2n) is 4.06. The lowest BCUT2D eigenvalue weighted by molar-refractivity contribution is -0.149. The number of hydrogen-bond acceptors (Lipinski definition) is 3. The van der Waals surface area contributed by atoms with Crippen molar-refractivity contribution in [3.8, 4) is 0 Å². The minimum Gasteiger partial charge on any atom is -0.468 e. The van der Waals surface area contributed by atoms with Crippen LogP contribution in [0.5, 0.6) is 0 Å². The summed E-state index contributed by atoms with van der Waals surface area (Å²) < 4.78 is 4.62. The Kier molecular flexibility index (Phi) is 5.40. The summed E-state index contributed by atoms with van der Waals surface area (Å²) in [5.74, 6) is -1.15. The van der Waals surface area contributed by atoms with Gasteiger partial charge in [-0.1, -0.05) is 30.3 Å². The SMILES string of the molecule is COC(=O)[C@H](CCCc1ccccc1)C(C)=O. The molecule has 0 radical (unpaired) electrons. The van der Waals surface area contributed by atoms with Crippen LogP contribution in [0, 0.1) is 5.92 Å². The highest BCUT2D eigenvalue weighted by molar-refractivity contribution is 5.97. The highest BCUT2D eigenvalue weighted by Gasteiger charge is 2.23. The Bertz CT molecular complexity index is 370. The molecule has 17 heavy (non-hydrogen) atoms. The maximum Gasteiger partial charge on any atom is 0.316 e. The number of hydrogen-bond donors (Lipinski definition) is 0. The summed E-state index contributed by atoms with van der Waals surface area (Å²) >= 11 is 0. The highest BCUT2D eigenvalue weighted by Crippen LogP contribution is 2.13. The molecule has 0 aliphatic heterocycles. The van der Waals surface area contributed by atoms with Crippen molar-refractivity contribution < 1.29 is 14.3 Å². The molecule has 0 aromatic heterocycles. The summed E-state index contributed by atoms with van der Waals surface area (Å²) in [4.78, 5) is 22.6. The van der Waals surface area contributed by atoms with Crippen molar-refractivity contribution in [2.75, 3.05) is 7.11 Å². The van der Waals surface area contributed by atoms with Crippen molar-refractivity contribution in [2.45, 2.75) is 26.2 Å². The first kappa shape index (κ1) is 13.4. The Balaban J connectivity index is 2.43. The Hall–Kier alpha value is -1.64. The van der Waals surface area contributed by atoms with Crippen LogP contribution in [0.1, 0.15) is 25.3 Å². The molecular formula is C14H18O3. The van der Waals surface area contributed by atoms with Crippen LogP contribution in [0.2, 0.25) is 0 Å². The van der Waals surface area contributed by atoms with Crippen LogP contribution in [-0.4, -0.2) is 18.9 Å². The molecule has 0 saturated carbocycles. The van der Waals surface area contributed by atoms with Crippen molar-refractivity contribution >= 4 is 11.8 Å². The lowest BCUT2D eigenvalue weighted by atomic mass is 9.96. The number of aryl methyl sites for hydroxylation is 1. The Morgan fingerprint density at radius 2 is 1.88 bits per heavy atom. The smallest absolute Gasteiger partial charge is 0.316 e. The van der Waals surface area contributed by atoms with Crippen LogP contribution < -0.4 is 0 Å². The van der Waals surface area contributed by atoms with Gasteiger partial charge in [-0.15, -0.1) is 0 Å². The number of ether oxygens (including phenoxy) is 1. The van der Waals surface area contributed by atoms with Gasteiger partial charge in [0.25, 0.3) is 0 Å². The van der Waals surface area contributed by atoms with E-state index in [1.54, 1.807) is 0 Å². The van der Waals surface area contributed by atoms with Gasteiger partial charge in [0, 0.05) is 0 Å². The summed E-state index contributed by atoms with van der Waals surface area (Å²) in [5, 5.41) is 0. The minimum absolute atomic E-state index is 0.120. The number of methoxy groups -OCH3 is 1. The molecule has 0 aliphatic carbocycles. The van der Waals surface area contributed by atoms with Gasteiger partial charge in [0.2, 0.25) is 0 Å². The van der Waals surface area contributed by atoms with E-state index in [2.05, 4.69) is 4.74 Å². The average molecular weight is 234 g/mol. The van der Waals surface area contributed by atoms with Crippen LogP contribution in [-0.2, 0) is 20.7 Å². The first-order valence-electron chi connectivity index (χ1n) is 5.77. The molecule has 3 heteroatoms.